The molecule has 0 saturated heterocycles. The van der Waals surface area contributed by atoms with Crippen molar-refractivity contribution in [3.05, 3.63) is 47.5 Å². The standard InChI is InChI=1S/C15H17F3N2O2/c1-10-11(2)20(9-19-10)7-13(21)8-22-14-5-3-4-12(6-14)15(16,17)18/h3-6,9,13,21H,7-8H2,1-2H3. The summed E-state index contributed by atoms with van der Waals surface area (Å²) in [6.07, 6.45) is -3.65. The Hall–Kier alpha value is -2.02. The maximum atomic E-state index is 12.6. The third-order valence-corrected chi connectivity index (χ3v) is 3.36. The van der Waals surface area contributed by atoms with E-state index in [1.165, 1.54) is 12.1 Å². The van der Waals surface area contributed by atoms with E-state index in [1.807, 2.05) is 13.8 Å². The number of hydrogen-bond donors (Lipinski definition) is 1. The molecule has 22 heavy (non-hydrogen) atoms. The number of imidazole rings is 1. The monoisotopic (exact) mass is 314 g/mol. The maximum absolute atomic E-state index is 12.6. The maximum Gasteiger partial charge on any atom is 0.416 e. The number of benzene rings is 1. The van der Waals surface area contributed by atoms with Crippen molar-refractivity contribution < 1.29 is 23.0 Å². The quantitative estimate of drug-likeness (QED) is 0.923. The molecule has 0 bridgehead atoms. The molecule has 0 aliphatic carbocycles. The third kappa shape index (κ3) is 4.00. The predicted molar refractivity (Wildman–Crippen MR) is 74.6 cm³/mol. The van der Waals surface area contributed by atoms with Gasteiger partial charge >= 0.3 is 6.18 Å². The Morgan fingerprint density at radius 3 is 2.64 bits per heavy atom. The summed E-state index contributed by atoms with van der Waals surface area (Å²) >= 11 is 0. The van der Waals surface area contributed by atoms with Gasteiger partial charge in [0.15, 0.2) is 0 Å². The van der Waals surface area contributed by atoms with Crippen molar-refractivity contribution in [1.82, 2.24) is 9.55 Å². The zero-order valence-electron chi connectivity index (χ0n) is 12.3. The number of halogens is 3. The molecular weight excluding hydrogens is 297 g/mol. The van der Waals surface area contributed by atoms with Crippen LogP contribution < -0.4 is 4.74 Å². The molecule has 2 rings (SSSR count). The van der Waals surface area contributed by atoms with Crippen LogP contribution in [0.2, 0.25) is 0 Å². The first-order valence-corrected chi connectivity index (χ1v) is 6.74. The topological polar surface area (TPSA) is 47.3 Å². The number of rotatable bonds is 5. The van der Waals surface area contributed by atoms with E-state index in [4.69, 9.17) is 4.74 Å². The van der Waals surface area contributed by atoms with Gasteiger partial charge in [-0.2, -0.15) is 13.2 Å². The van der Waals surface area contributed by atoms with E-state index in [1.54, 1.807) is 10.9 Å². The number of nitrogens with zero attached hydrogens (tertiary/aromatic N) is 2. The highest BCUT2D eigenvalue weighted by molar-refractivity contribution is 5.30. The van der Waals surface area contributed by atoms with Gasteiger partial charge in [-0.3, -0.25) is 0 Å². The molecule has 0 aliphatic heterocycles. The molecule has 0 spiro atoms. The summed E-state index contributed by atoms with van der Waals surface area (Å²) in [5, 5.41) is 9.93. The van der Waals surface area contributed by atoms with Crippen molar-refractivity contribution >= 4 is 0 Å². The second kappa shape index (κ2) is 6.39. The number of aliphatic hydroxyl groups is 1. The van der Waals surface area contributed by atoms with Crippen molar-refractivity contribution in [2.75, 3.05) is 6.61 Å². The number of aliphatic hydroxyl groups excluding tert-OH is 1. The van der Waals surface area contributed by atoms with E-state index in [2.05, 4.69) is 4.98 Å². The summed E-state index contributed by atoms with van der Waals surface area (Å²) in [5.41, 5.74) is 1.02. The number of aryl methyl sites for hydroxylation is 1. The van der Waals surface area contributed by atoms with Gasteiger partial charge in [-0.05, 0) is 32.0 Å². The average molecular weight is 314 g/mol. The van der Waals surface area contributed by atoms with Gasteiger partial charge in [0, 0.05) is 5.69 Å². The Kier molecular flexibility index (Phi) is 4.75. The fraction of sp³-hybridized carbons (Fsp3) is 0.400. The van der Waals surface area contributed by atoms with Crippen LogP contribution in [0.15, 0.2) is 30.6 Å². The van der Waals surface area contributed by atoms with Gasteiger partial charge in [-0.15, -0.1) is 0 Å². The molecule has 0 radical (unpaired) electrons. The smallest absolute Gasteiger partial charge is 0.416 e. The first-order chi connectivity index (χ1) is 10.3. The van der Waals surface area contributed by atoms with Crippen LogP contribution in [0.1, 0.15) is 17.0 Å². The van der Waals surface area contributed by atoms with Crippen molar-refractivity contribution in [2.45, 2.75) is 32.7 Å². The Morgan fingerprint density at radius 1 is 1.32 bits per heavy atom. The fourth-order valence-corrected chi connectivity index (χ4v) is 1.96. The number of alkyl halides is 3. The van der Waals surface area contributed by atoms with Crippen LogP contribution in [0.5, 0.6) is 5.75 Å². The lowest BCUT2D eigenvalue weighted by Gasteiger charge is -2.15. The largest absolute Gasteiger partial charge is 0.491 e. The number of hydrogen-bond acceptors (Lipinski definition) is 3. The van der Waals surface area contributed by atoms with E-state index in [0.717, 1.165) is 23.5 Å². The van der Waals surface area contributed by atoms with Gasteiger partial charge in [0.25, 0.3) is 0 Å². The Labute approximate surface area is 126 Å². The summed E-state index contributed by atoms with van der Waals surface area (Å²) in [4.78, 5) is 4.11. The van der Waals surface area contributed by atoms with Gasteiger partial charge in [0.1, 0.15) is 18.5 Å². The lowest BCUT2D eigenvalue weighted by atomic mass is 10.2. The van der Waals surface area contributed by atoms with Crippen LogP contribution in [-0.2, 0) is 12.7 Å². The molecule has 1 N–H and O–H groups in total. The molecule has 0 fully saturated rings. The predicted octanol–water partition coefficient (Wildman–Crippen LogP) is 2.96. The van der Waals surface area contributed by atoms with Crippen molar-refractivity contribution in [3.63, 3.8) is 0 Å². The second-order valence-corrected chi connectivity index (χ2v) is 5.06. The minimum atomic E-state index is -4.41. The first kappa shape index (κ1) is 16.4. The van der Waals surface area contributed by atoms with Crippen LogP contribution in [0.4, 0.5) is 13.2 Å². The normalized spacial score (nSPS) is 13.2. The molecule has 4 nitrogen and oxygen atoms in total. The molecule has 1 aromatic heterocycles. The van der Waals surface area contributed by atoms with E-state index < -0.39 is 17.8 Å². The van der Waals surface area contributed by atoms with Crippen LogP contribution in [0.25, 0.3) is 0 Å². The van der Waals surface area contributed by atoms with Crippen molar-refractivity contribution in [1.29, 1.82) is 0 Å². The minimum absolute atomic E-state index is 0.0763. The number of ether oxygens (including phenoxy) is 1. The van der Waals surface area contributed by atoms with Gasteiger partial charge < -0.3 is 14.4 Å². The van der Waals surface area contributed by atoms with Gasteiger partial charge in [-0.25, -0.2) is 4.98 Å². The van der Waals surface area contributed by atoms with E-state index >= 15 is 0 Å². The van der Waals surface area contributed by atoms with Crippen LogP contribution in [0, 0.1) is 13.8 Å². The summed E-state index contributed by atoms with van der Waals surface area (Å²) in [5.74, 6) is 0.0763. The SMILES string of the molecule is Cc1ncn(CC(O)COc2cccc(C(F)(F)F)c2)c1C. The highest BCUT2D eigenvalue weighted by Gasteiger charge is 2.30. The number of aromatic nitrogens is 2. The molecule has 1 atom stereocenters. The zero-order valence-corrected chi connectivity index (χ0v) is 12.3. The van der Waals surface area contributed by atoms with Crippen LogP contribution >= 0.6 is 0 Å². The minimum Gasteiger partial charge on any atom is -0.491 e. The van der Waals surface area contributed by atoms with Crippen LogP contribution in [-0.4, -0.2) is 27.4 Å². The highest BCUT2D eigenvalue weighted by Crippen LogP contribution is 2.31. The molecular formula is C15H17F3N2O2. The first-order valence-electron chi connectivity index (χ1n) is 6.74. The summed E-state index contributed by atoms with van der Waals surface area (Å²) < 4.78 is 44.8. The average Bonchev–Trinajstić information content (AvgIpc) is 2.77. The molecule has 1 unspecified atom stereocenters. The summed E-state index contributed by atoms with van der Waals surface area (Å²) in [7, 11) is 0. The van der Waals surface area contributed by atoms with Crippen LogP contribution in [0.3, 0.4) is 0 Å². The molecule has 0 aliphatic rings. The summed E-state index contributed by atoms with van der Waals surface area (Å²) in [6.45, 7) is 3.91. The molecule has 120 valence electrons. The van der Waals surface area contributed by atoms with E-state index in [0.29, 0.717) is 0 Å². The molecule has 1 aromatic carbocycles. The van der Waals surface area contributed by atoms with Crippen molar-refractivity contribution in [2.24, 2.45) is 0 Å². The Morgan fingerprint density at radius 2 is 2.05 bits per heavy atom. The van der Waals surface area contributed by atoms with E-state index in [9.17, 15) is 18.3 Å². The Bertz CT molecular complexity index is 638. The summed E-state index contributed by atoms with van der Waals surface area (Å²) in [6, 6.07) is 4.59. The molecule has 1 heterocycles. The lowest BCUT2D eigenvalue weighted by molar-refractivity contribution is -0.137. The molecule has 0 amide bonds. The van der Waals surface area contributed by atoms with Gasteiger partial charge in [-0.1, -0.05) is 6.07 Å². The van der Waals surface area contributed by atoms with Crippen molar-refractivity contribution in [3.8, 4) is 5.75 Å². The Balaban J connectivity index is 1.94. The molecule has 2 aromatic rings. The second-order valence-electron chi connectivity index (χ2n) is 5.06. The molecule has 7 heteroatoms. The highest BCUT2D eigenvalue weighted by atomic mass is 19.4. The van der Waals surface area contributed by atoms with Gasteiger partial charge in [0.05, 0.1) is 24.1 Å². The lowest BCUT2D eigenvalue weighted by Crippen LogP contribution is -2.24. The van der Waals surface area contributed by atoms with E-state index in [-0.39, 0.29) is 18.9 Å². The fourth-order valence-electron chi connectivity index (χ4n) is 1.96. The zero-order chi connectivity index (χ0) is 16.3. The van der Waals surface area contributed by atoms with Gasteiger partial charge in [0.2, 0.25) is 0 Å². The molecule has 0 saturated carbocycles. The third-order valence-electron chi connectivity index (χ3n) is 3.36.